The third-order valence-electron chi connectivity index (χ3n) is 3.40. The molecule has 1 aliphatic heterocycles. The fraction of sp³-hybridized carbons (Fsp3) is 0.500. The number of aliphatic imine (C=N–C) groups is 1. The van der Waals surface area contributed by atoms with Gasteiger partial charge in [-0.1, -0.05) is 30.3 Å². The van der Waals surface area contributed by atoms with E-state index >= 15 is 0 Å². The molecule has 1 aromatic carbocycles. The third kappa shape index (κ3) is 3.60. The Morgan fingerprint density at radius 1 is 1.22 bits per heavy atom. The Balaban J connectivity index is 0.00000120. The maximum atomic E-state index is 4.54. The minimum atomic E-state index is 0. The SMILES string of the molecule is I.c1ccc(CNC2=NCCN2CC2CC2)cc1. The summed E-state index contributed by atoms with van der Waals surface area (Å²) in [5, 5.41) is 3.46. The van der Waals surface area contributed by atoms with Gasteiger partial charge in [0.25, 0.3) is 0 Å². The molecule has 0 atom stereocenters. The summed E-state index contributed by atoms with van der Waals surface area (Å²) in [6, 6.07) is 10.5. The molecular weight excluding hydrogens is 337 g/mol. The molecule has 1 fully saturated rings. The topological polar surface area (TPSA) is 27.6 Å². The molecule has 1 saturated carbocycles. The second-order valence-electron chi connectivity index (χ2n) is 4.93. The molecule has 1 aromatic rings. The molecule has 98 valence electrons. The van der Waals surface area contributed by atoms with Gasteiger partial charge < -0.3 is 10.2 Å². The largest absolute Gasteiger partial charge is 0.352 e. The summed E-state index contributed by atoms with van der Waals surface area (Å²) in [7, 11) is 0. The minimum Gasteiger partial charge on any atom is -0.352 e. The van der Waals surface area contributed by atoms with Crippen molar-refractivity contribution >= 4 is 29.9 Å². The predicted octanol–water partition coefficient (Wildman–Crippen LogP) is 2.48. The zero-order valence-electron chi connectivity index (χ0n) is 10.5. The van der Waals surface area contributed by atoms with Gasteiger partial charge in [-0.05, 0) is 24.3 Å². The average molecular weight is 357 g/mol. The first-order chi connectivity index (χ1) is 8.42. The molecule has 0 amide bonds. The summed E-state index contributed by atoms with van der Waals surface area (Å²) < 4.78 is 0. The van der Waals surface area contributed by atoms with Gasteiger partial charge in [0.2, 0.25) is 0 Å². The molecule has 18 heavy (non-hydrogen) atoms. The van der Waals surface area contributed by atoms with Gasteiger partial charge in [0.15, 0.2) is 5.96 Å². The molecule has 0 radical (unpaired) electrons. The molecule has 4 heteroatoms. The highest BCUT2D eigenvalue weighted by molar-refractivity contribution is 14.0. The first-order valence-corrected chi connectivity index (χ1v) is 6.49. The Hall–Kier alpha value is -0.780. The van der Waals surface area contributed by atoms with E-state index < -0.39 is 0 Å². The van der Waals surface area contributed by atoms with Crippen LogP contribution in [0.4, 0.5) is 0 Å². The molecule has 3 rings (SSSR count). The zero-order valence-corrected chi connectivity index (χ0v) is 12.8. The Morgan fingerprint density at radius 2 is 2.00 bits per heavy atom. The number of benzene rings is 1. The van der Waals surface area contributed by atoms with Gasteiger partial charge in [0.1, 0.15) is 0 Å². The van der Waals surface area contributed by atoms with Crippen LogP contribution < -0.4 is 5.32 Å². The van der Waals surface area contributed by atoms with Gasteiger partial charge in [-0.15, -0.1) is 24.0 Å². The molecule has 0 unspecified atom stereocenters. The highest BCUT2D eigenvalue weighted by Gasteiger charge is 2.27. The highest BCUT2D eigenvalue weighted by Crippen LogP contribution is 2.30. The van der Waals surface area contributed by atoms with E-state index in [1.807, 2.05) is 0 Å². The number of hydrogen-bond donors (Lipinski definition) is 1. The predicted molar refractivity (Wildman–Crippen MR) is 85.3 cm³/mol. The normalized spacial score (nSPS) is 18.2. The van der Waals surface area contributed by atoms with Crippen molar-refractivity contribution < 1.29 is 0 Å². The van der Waals surface area contributed by atoms with Gasteiger partial charge in [-0.2, -0.15) is 0 Å². The Labute approximate surface area is 126 Å². The van der Waals surface area contributed by atoms with Crippen molar-refractivity contribution in [3.8, 4) is 0 Å². The number of nitrogens with one attached hydrogen (secondary N) is 1. The molecular formula is C14H20IN3. The monoisotopic (exact) mass is 357 g/mol. The van der Waals surface area contributed by atoms with Gasteiger partial charge in [-0.3, -0.25) is 4.99 Å². The Morgan fingerprint density at radius 3 is 2.72 bits per heavy atom. The standard InChI is InChI=1S/C14H19N3.HI/c1-2-4-12(5-3-1)10-16-14-15-8-9-17(14)11-13-6-7-13;/h1-5,13H,6-11H2,(H,15,16);1H. The molecule has 0 bridgehead atoms. The lowest BCUT2D eigenvalue weighted by Gasteiger charge is -2.20. The van der Waals surface area contributed by atoms with Crippen LogP contribution in [0, 0.1) is 5.92 Å². The number of guanidine groups is 1. The summed E-state index contributed by atoms with van der Waals surface area (Å²) in [5.41, 5.74) is 1.31. The van der Waals surface area contributed by atoms with Gasteiger partial charge in [-0.25, -0.2) is 0 Å². The first-order valence-electron chi connectivity index (χ1n) is 6.49. The molecule has 1 heterocycles. The molecule has 0 aromatic heterocycles. The first kappa shape index (κ1) is 13.6. The van der Waals surface area contributed by atoms with Crippen LogP contribution >= 0.6 is 24.0 Å². The van der Waals surface area contributed by atoms with Crippen LogP contribution in [-0.4, -0.2) is 30.5 Å². The summed E-state index contributed by atoms with van der Waals surface area (Å²) >= 11 is 0. The highest BCUT2D eigenvalue weighted by atomic mass is 127. The maximum absolute atomic E-state index is 4.54. The lowest BCUT2D eigenvalue weighted by atomic mass is 10.2. The number of rotatable bonds is 4. The summed E-state index contributed by atoms with van der Waals surface area (Å²) in [4.78, 5) is 6.95. The molecule has 0 spiro atoms. The van der Waals surface area contributed by atoms with Crippen LogP contribution in [0.5, 0.6) is 0 Å². The number of nitrogens with zero attached hydrogens (tertiary/aromatic N) is 2. The van der Waals surface area contributed by atoms with Gasteiger partial charge in [0.05, 0.1) is 6.54 Å². The quantitative estimate of drug-likeness (QED) is 0.839. The van der Waals surface area contributed by atoms with Crippen LogP contribution in [0.15, 0.2) is 35.3 Å². The van der Waals surface area contributed by atoms with Gasteiger partial charge in [0, 0.05) is 19.6 Å². The molecule has 3 nitrogen and oxygen atoms in total. The van der Waals surface area contributed by atoms with E-state index in [1.54, 1.807) is 0 Å². The van der Waals surface area contributed by atoms with Crippen molar-refractivity contribution in [2.75, 3.05) is 19.6 Å². The van der Waals surface area contributed by atoms with Crippen LogP contribution in [0.2, 0.25) is 0 Å². The number of hydrogen-bond acceptors (Lipinski definition) is 3. The van der Waals surface area contributed by atoms with E-state index in [0.29, 0.717) is 0 Å². The van der Waals surface area contributed by atoms with E-state index in [4.69, 9.17) is 0 Å². The summed E-state index contributed by atoms with van der Waals surface area (Å²) in [5.74, 6) is 2.03. The lowest BCUT2D eigenvalue weighted by molar-refractivity contribution is 0.421. The number of halogens is 1. The van der Waals surface area contributed by atoms with Crippen molar-refractivity contribution in [3.63, 3.8) is 0 Å². The van der Waals surface area contributed by atoms with Crippen LogP contribution in [-0.2, 0) is 6.54 Å². The van der Waals surface area contributed by atoms with Crippen molar-refractivity contribution in [1.82, 2.24) is 10.2 Å². The minimum absolute atomic E-state index is 0. The Kier molecular flexibility index (Phi) is 4.86. The van der Waals surface area contributed by atoms with Crippen molar-refractivity contribution in [1.29, 1.82) is 0 Å². The fourth-order valence-electron chi connectivity index (χ4n) is 2.22. The Bertz CT molecular complexity index is 401. The third-order valence-corrected chi connectivity index (χ3v) is 3.40. The molecule has 0 saturated heterocycles. The average Bonchev–Trinajstić information content (AvgIpc) is 3.07. The second kappa shape index (κ2) is 6.41. The van der Waals surface area contributed by atoms with E-state index in [2.05, 4.69) is 45.5 Å². The molecule has 1 N–H and O–H groups in total. The fourth-order valence-corrected chi connectivity index (χ4v) is 2.22. The van der Waals surface area contributed by atoms with Crippen molar-refractivity contribution in [2.45, 2.75) is 19.4 Å². The van der Waals surface area contributed by atoms with Crippen LogP contribution in [0.1, 0.15) is 18.4 Å². The summed E-state index contributed by atoms with van der Waals surface area (Å²) in [6.45, 7) is 4.11. The van der Waals surface area contributed by atoms with E-state index in [-0.39, 0.29) is 24.0 Å². The van der Waals surface area contributed by atoms with E-state index in [0.717, 1.165) is 31.5 Å². The van der Waals surface area contributed by atoms with Crippen molar-refractivity contribution in [2.24, 2.45) is 10.9 Å². The van der Waals surface area contributed by atoms with E-state index in [9.17, 15) is 0 Å². The maximum Gasteiger partial charge on any atom is 0.194 e. The zero-order chi connectivity index (χ0) is 11.5. The second-order valence-corrected chi connectivity index (χ2v) is 4.93. The van der Waals surface area contributed by atoms with Crippen LogP contribution in [0.25, 0.3) is 0 Å². The summed E-state index contributed by atoms with van der Waals surface area (Å²) in [6.07, 6.45) is 2.81. The lowest BCUT2D eigenvalue weighted by Crippen LogP contribution is -2.39. The van der Waals surface area contributed by atoms with Crippen molar-refractivity contribution in [3.05, 3.63) is 35.9 Å². The molecule has 1 aliphatic carbocycles. The smallest absolute Gasteiger partial charge is 0.194 e. The van der Waals surface area contributed by atoms with Crippen LogP contribution in [0.3, 0.4) is 0 Å². The van der Waals surface area contributed by atoms with E-state index in [1.165, 1.54) is 24.9 Å². The van der Waals surface area contributed by atoms with Gasteiger partial charge >= 0.3 is 0 Å². The molecule has 2 aliphatic rings.